The molecule has 2 atom stereocenters. The Morgan fingerprint density at radius 3 is 2.77 bits per heavy atom. The van der Waals surface area contributed by atoms with Gasteiger partial charge in [0.2, 0.25) is 11.8 Å². The Bertz CT molecular complexity index is 1060. The minimum absolute atomic E-state index is 0.0741. The van der Waals surface area contributed by atoms with Crippen LogP contribution in [-0.4, -0.2) is 50.4 Å². The van der Waals surface area contributed by atoms with E-state index in [1.54, 1.807) is 13.0 Å². The molecule has 1 aliphatic heterocycles. The zero-order chi connectivity index (χ0) is 20.9. The number of carbonyl (C=O) groups excluding carboxylic acids is 2. The highest BCUT2D eigenvalue weighted by molar-refractivity contribution is 5.95. The predicted octanol–water partition coefficient (Wildman–Crippen LogP) is 2.65. The lowest BCUT2D eigenvalue weighted by Gasteiger charge is -2.33. The average Bonchev–Trinajstić information content (AvgIpc) is 3.22. The molecule has 1 aliphatic rings. The van der Waals surface area contributed by atoms with Crippen molar-refractivity contribution in [2.75, 3.05) is 13.1 Å². The Kier molecular flexibility index (Phi) is 5.88. The second-order valence-corrected chi connectivity index (χ2v) is 7.58. The van der Waals surface area contributed by atoms with E-state index < -0.39 is 6.04 Å². The highest BCUT2D eigenvalue weighted by Crippen LogP contribution is 2.26. The number of carbonyl (C=O) groups is 2. The molecule has 1 N–H and O–H groups in total. The smallest absolute Gasteiger partial charge is 0.244 e. The molecule has 2 amide bonds. The topological polar surface area (TPSA) is 79.6 Å². The van der Waals surface area contributed by atoms with Crippen LogP contribution in [0.15, 0.2) is 60.8 Å². The fourth-order valence-corrected chi connectivity index (χ4v) is 3.86. The number of nitrogens with zero attached hydrogens (tertiary/aromatic N) is 4. The maximum Gasteiger partial charge on any atom is 0.244 e. The molecule has 1 saturated heterocycles. The van der Waals surface area contributed by atoms with Crippen LogP contribution in [0.2, 0.25) is 0 Å². The molecular formula is C23H25N5O2. The van der Waals surface area contributed by atoms with E-state index in [9.17, 15) is 9.59 Å². The summed E-state index contributed by atoms with van der Waals surface area (Å²) in [7, 11) is 0. The molecule has 0 bridgehead atoms. The van der Waals surface area contributed by atoms with Crippen molar-refractivity contribution in [2.24, 2.45) is 0 Å². The second kappa shape index (κ2) is 8.90. The molecule has 7 heteroatoms. The van der Waals surface area contributed by atoms with Crippen LogP contribution in [0.3, 0.4) is 0 Å². The van der Waals surface area contributed by atoms with Gasteiger partial charge in [0.25, 0.3) is 0 Å². The average molecular weight is 403 g/mol. The van der Waals surface area contributed by atoms with Crippen molar-refractivity contribution in [2.45, 2.75) is 31.7 Å². The van der Waals surface area contributed by atoms with Gasteiger partial charge in [0, 0.05) is 31.3 Å². The minimum Gasteiger partial charge on any atom is -0.341 e. The number of likely N-dealkylation sites (tertiary alicyclic amines) is 1. The predicted molar refractivity (Wildman–Crippen MR) is 115 cm³/mol. The van der Waals surface area contributed by atoms with Gasteiger partial charge in [-0.3, -0.25) is 14.0 Å². The van der Waals surface area contributed by atoms with Crippen molar-refractivity contribution in [3.63, 3.8) is 0 Å². The van der Waals surface area contributed by atoms with Crippen LogP contribution in [0, 0.1) is 0 Å². The van der Waals surface area contributed by atoms with Crippen LogP contribution < -0.4 is 5.32 Å². The number of piperidine rings is 1. The van der Waals surface area contributed by atoms with Crippen LogP contribution in [0.4, 0.5) is 0 Å². The normalized spacial score (nSPS) is 17.9. The van der Waals surface area contributed by atoms with Crippen LogP contribution in [-0.2, 0) is 9.59 Å². The fraction of sp³-hybridized carbons (Fsp3) is 0.304. The Morgan fingerprint density at radius 2 is 1.93 bits per heavy atom. The number of rotatable bonds is 5. The standard InChI is InChI=1S/C23H25N5O2/c1-17(24-21(29)13-12-18-8-3-2-4-9-18)23(30)27-14-7-10-19(16-27)22-26-25-20-11-5-6-15-28(20)22/h2-6,8-9,11-13,15,17,19H,7,10,14,16H2,1H3,(H,24,29). The van der Waals surface area contributed by atoms with E-state index >= 15 is 0 Å². The van der Waals surface area contributed by atoms with Gasteiger partial charge in [0.15, 0.2) is 5.65 Å². The van der Waals surface area contributed by atoms with Gasteiger partial charge in [-0.25, -0.2) is 0 Å². The van der Waals surface area contributed by atoms with Crippen molar-refractivity contribution in [1.29, 1.82) is 0 Å². The number of pyridine rings is 1. The van der Waals surface area contributed by atoms with E-state index in [1.165, 1.54) is 6.08 Å². The number of fused-ring (bicyclic) bond motifs is 1. The molecule has 0 aliphatic carbocycles. The first kappa shape index (κ1) is 19.8. The number of nitrogens with one attached hydrogen (secondary N) is 1. The molecule has 0 saturated carbocycles. The Balaban J connectivity index is 1.37. The molecule has 154 valence electrons. The van der Waals surface area contributed by atoms with Crippen molar-refractivity contribution in [3.05, 3.63) is 72.2 Å². The first-order valence-electron chi connectivity index (χ1n) is 10.2. The Labute approximate surface area is 175 Å². The van der Waals surface area contributed by atoms with Gasteiger partial charge < -0.3 is 10.2 Å². The van der Waals surface area contributed by atoms with Gasteiger partial charge >= 0.3 is 0 Å². The number of amides is 2. The van der Waals surface area contributed by atoms with Gasteiger partial charge in [-0.15, -0.1) is 10.2 Å². The van der Waals surface area contributed by atoms with E-state index in [1.807, 2.05) is 64.0 Å². The van der Waals surface area contributed by atoms with Gasteiger partial charge in [-0.05, 0) is 43.5 Å². The highest BCUT2D eigenvalue weighted by Gasteiger charge is 2.30. The summed E-state index contributed by atoms with van der Waals surface area (Å²) in [6.07, 6.45) is 7.00. The first-order valence-corrected chi connectivity index (χ1v) is 10.2. The molecule has 2 unspecified atom stereocenters. The van der Waals surface area contributed by atoms with E-state index in [2.05, 4.69) is 15.5 Å². The SMILES string of the molecule is CC(NC(=O)C=Cc1ccccc1)C(=O)N1CCCC(c2nnc3ccccn23)C1. The Hall–Kier alpha value is -3.48. The minimum atomic E-state index is -0.591. The van der Waals surface area contributed by atoms with Crippen molar-refractivity contribution < 1.29 is 9.59 Å². The lowest BCUT2D eigenvalue weighted by Crippen LogP contribution is -2.49. The largest absolute Gasteiger partial charge is 0.341 e. The zero-order valence-corrected chi connectivity index (χ0v) is 16.9. The number of hydrogen-bond donors (Lipinski definition) is 1. The summed E-state index contributed by atoms with van der Waals surface area (Å²) in [5, 5.41) is 11.4. The molecule has 1 aromatic carbocycles. The molecule has 3 aromatic rings. The molecule has 4 rings (SSSR count). The van der Waals surface area contributed by atoms with Gasteiger partial charge in [-0.1, -0.05) is 36.4 Å². The third kappa shape index (κ3) is 4.40. The highest BCUT2D eigenvalue weighted by atomic mass is 16.2. The lowest BCUT2D eigenvalue weighted by atomic mass is 9.96. The molecule has 7 nitrogen and oxygen atoms in total. The molecule has 1 fully saturated rings. The third-order valence-corrected chi connectivity index (χ3v) is 5.39. The Morgan fingerprint density at radius 1 is 1.13 bits per heavy atom. The summed E-state index contributed by atoms with van der Waals surface area (Å²) in [6.45, 7) is 2.99. The van der Waals surface area contributed by atoms with Gasteiger partial charge in [0.1, 0.15) is 11.9 Å². The van der Waals surface area contributed by atoms with E-state index in [-0.39, 0.29) is 17.7 Å². The summed E-state index contributed by atoms with van der Waals surface area (Å²) < 4.78 is 1.98. The van der Waals surface area contributed by atoms with E-state index in [4.69, 9.17) is 0 Å². The fourth-order valence-electron chi connectivity index (χ4n) is 3.86. The molecular weight excluding hydrogens is 378 g/mol. The van der Waals surface area contributed by atoms with Crippen LogP contribution in [0.1, 0.15) is 37.1 Å². The van der Waals surface area contributed by atoms with Gasteiger partial charge in [0.05, 0.1) is 0 Å². The maximum atomic E-state index is 12.9. The summed E-state index contributed by atoms with van der Waals surface area (Å²) in [5.74, 6) is 0.651. The molecule has 30 heavy (non-hydrogen) atoms. The summed E-state index contributed by atoms with van der Waals surface area (Å²) >= 11 is 0. The number of hydrogen-bond acceptors (Lipinski definition) is 4. The van der Waals surface area contributed by atoms with E-state index in [0.717, 1.165) is 29.9 Å². The van der Waals surface area contributed by atoms with Crippen molar-refractivity contribution in [1.82, 2.24) is 24.8 Å². The van der Waals surface area contributed by atoms with Crippen LogP contribution in [0.25, 0.3) is 11.7 Å². The summed E-state index contributed by atoms with van der Waals surface area (Å²) in [4.78, 5) is 27.0. The van der Waals surface area contributed by atoms with E-state index in [0.29, 0.717) is 13.1 Å². The monoisotopic (exact) mass is 403 g/mol. The molecule has 0 radical (unpaired) electrons. The quantitative estimate of drug-likeness (QED) is 0.664. The first-order chi connectivity index (χ1) is 14.6. The molecule has 3 heterocycles. The summed E-state index contributed by atoms with van der Waals surface area (Å²) in [6, 6.07) is 14.8. The maximum absolute atomic E-state index is 12.9. The second-order valence-electron chi connectivity index (χ2n) is 7.58. The summed E-state index contributed by atoms with van der Waals surface area (Å²) in [5.41, 5.74) is 1.74. The molecule has 0 spiro atoms. The van der Waals surface area contributed by atoms with Crippen LogP contribution in [0.5, 0.6) is 0 Å². The third-order valence-electron chi connectivity index (χ3n) is 5.39. The molecule has 2 aromatic heterocycles. The number of aromatic nitrogens is 3. The zero-order valence-electron chi connectivity index (χ0n) is 16.9. The lowest BCUT2D eigenvalue weighted by molar-refractivity contribution is -0.136. The van der Waals surface area contributed by atoms with Crippen LogP contribution >= 0.6 is 0 Å². The van der Waals surface area contributed by atoms with Gasteiger partial charge in [-0.2, -0.15) is 0 Å². The number of benzene rings is 1. The van der Waals surface area contributed by atoms with Crippen molar-refractivity contribution >= 4 is 23.5 Å². The van der Waals surface area contributed by atoms with Crippen molar-refractivity contribution in [3.8, 4) is 0 Å².